The highest BCUT2D eigenvalue weighted by molar-refractivity contribution is 5.70. The first-order chi connectivity index (χ1) is 8.40. The van der Waals surface area contributed by atoms with Gasteiger partial charge in [0.2, 0.25) is 0 Å². The molecule has 1 amide bonds. The second kappa shape index (κ2) is 6.25. The van der Waals surface area contributed by atoms with Gasteiger partial charge in [0.05, 0.1) is 0 Å². The highest BCUT2D eigenvalue weighted by atomic mass is 19.4. The zero-order valence-corrected chi connectivity index (χ0v) is 9.46. The van der Waals surface area contributed by atoms with E-state index in [2.05, 4.69) is 4.74 Å². The van der Waals surface area contributed by atoms with E-state index >= 15 is 0 Å². The van der Waals surface area contributed by atoms with Gasteiger partial charge >= 0.3 is 12.3 Å². The van der Waals surface area contributed by atoms with E-state index < -0.39 is 18.8 Å². The van der Waals surface area contributed by atoms with Crippen LogP contribution < -0.4 is 15.8 Å². The molecule has 0 radical (unpaired) electrons. The molecule has 1 aromatic rings. The third-order valence-electron chi connectivity index (χ3n) is 2.00. The number of nitrogens with two attached hydrogens (primary N) is 1. The maximum atomic E-state index is 11.8. The van der Waals surface area contributed by atoms with Crippen molar-refractivity contribution in [1.82, 2.24) is 5.32 Å². The maximum absolute atomic E-state index is 11.8. The highest BCUT2D eigenvalue weighted by Gasteiger charge is 2.28. The van der Waals surface area contributed by atoms with Gasteiger partial charge in [-0.25, -0.2) is 4.79 Å². The zero-order chi connectivity index (χ0) is 13.6. The van der Waals surface area contributed by atoms with Crippen molar-refractivity contribution < 1.29 is 22.7 Å². The Hall–Kier alpha value is -1.76. The summed E-state index contributed by atoms with van der Waals surface area (Å²) in [6.45, 7) is -0.927. The molecule has 1 rings (SSSR count). The molecule has 0 saturated heterocycles. The van der Waals surface area contributed by atoms with Crippen molar-refractivity contribution in [3.8, 4) is 5.75 Å². The average molecular weight is 262 g/mol. The molecular formula is C11H13F3N2O2. The predicted molar refractivity (Wildman–Crippen MR) is 59.3 cm³/mol. The molecule has 1 aromatic carbocycles. The minimum atomic E-state index is -4.45. The molecule has 7 heteroatoms. The van der Waals surface area contributed by atoms with Crippen LogP contribution in [-0.2, 0) is 6.42 Å². The Kier molecular flexibility index (Phi) is 4.96. The van der Waals surface area contributed by atoms with Gasteiger partial charge in [-0.05, 0) is 30.7 Å². The third-order valence-corrected chi connectivity index (χ3v) is 2.00. The summed E-state index contributed by atoms with van der Waals surface area (Å²) in [5.74, 6) is 0.176. The minimum Gasteiger partial charge on any atom is -0.410 e. The normalized spacial score (nSPS) is 11.1. The molecule has 0 atom stereocenters. The summed E-state index contributed by atoms with van der Waals surface area (Å²) >= 11 is 0. The molecule has 3 N–H and O–H groups in total. The Morgan fingerprint density at radius 3 is 2.39 bits per heavy atom. The quantitative estimate of drug-likeness (QED) is 0.870. The fourth-order valence-electron chi connectivity index (χ4n) is 1.21. The van der Waals surface area contributed by atoms with Crippen LogP contribution in [0.5, 0.6) is 5.75 Å². The van der Waals surface area contributed by atoms with Gasteiger partial charge in [-0.15, -0.1) is 0 Å². The number of amides is 1. The van der Waals surface area contributed by atoms with Crippen LogP contribution in [0, 0.1) is 0 Å². The number of nitrogens with one attached hydrogen (secondary N) is 1. The molecule has 0 fully saturated rings. The summed E-state index contributed by atoms with van der Waals surface area (Å²) in [5.41, 5.74) is 6.32. The van der Waals surface area contributed by atoms with E-state index in [1.165, 1.54) is 12.1 Å². The SMILES string of the molecule is NCCc1ccc(OC(=O)NCC(F)(F)F)cc1. The van der Waals surface area contributed by atoms with Crippen LogP contribution in [0.1, 0.15) is 5.56 Å². The van der Waals surface area contributed by atoms with Crippen molar-refractivity contribution in [2.24, 2.45) is 5.73 Å². The van der Waals surface area contributed by atoms with E-state index in [1.54, 1.807) is 17.4 Å². The van der Waals surface area contributed by atoms with Crippen molar-refractivity contribution in [1.29, 1.82) is 0 Å². The molecule has 0 aliphatic carbocycles. The Balaban J connectivity index is 2.44. The first-order valence-electron chi connectivity index (χ1n) is 5.22. The molecule has 100 valence electrons. The smallest absolute Gasteiger partial charge is 0.410 e. The van der Waals surface area contributed by atoms with E-state index in [1.807, 2.05) is 0 Å². The van der Waals surface area contributed by atoms with Gasteiger partial charge in [0.1, 0.15) is 12.3 Å². The summed E-state index contributed by atoms with van der Waals surface area (Å²) < 4.78 is 40.1. The first kappa shape index (κ1) is 14.3. The van der Waals surface area contributed by atoms with Crippen molar-refractivity contribution in [2.75, 3.05) is 13.1 Å². The number of carbonyl (C=O) groups is 1. The Bertz CT molecular complexity index is 390. The van der Waals surface area contributed by atoms with Crippen LogP contribution in [0.2, 0.25) is 0 Å². The van der Waals surface area contributed by atoms with Crippen molar-refractivity contribution in [3.63, 3.8) is 0 Å². The number of alkyl halides is 3. The average Bonchev–Trinajstić information content (AvgIpc) is 2.29. The molecule has 4 nitrogen and oxygen atoms in total. The van der Waals surface area contributed by atoms with Crippen LogP contribution in [0.3, 0.4) is 0 Å². The van der Waals surface area contributed by atoms with Gasteiger partial charge in [-0.3, -0.25) is 0 Å². The van der Waals surface area contributed by atoms with Gasteiger partial charge in [-0.1, -0.05) is 12.1 Å². The Morgan fingerprint density at radius 2 is 1.89 bits per heavy atom. The second-order valence-electron chi connectivity index (χ2n) is 3.54. The monoisotopic (exact) mass is 262 g/mol. The van der Waals surface area contributed by atoms with Gasteiger partial charge in [-0.2, -0.15) is 13.2 Å². The molecule has 0 unspecified atom stereocenters. The van der Waals surface area contributed by atoms with E-state index in [0.29, 0.717) is 13.0 Å². The lowest BCUT2D eigenvalue weighted by atomic mass is 10.1. The van der Waals surface area contributed by atoms with Gasteiger partial charge in [0, 0.05) is 0 Å². The standard InChI is InChI=1S/C11H13F3N2O2/c12-11(13,14)7-16-10(17)18-9-3-1-8(2-4-9)5-6-15/h1-4H,5-7,15H2,(H,16,17). The first-order valence-corrected chi connectivity index (χ1v) is 5.22. The summed E-state index contributed by atoms with van der Waals surface area (Å²) in [7, 11) is 0. The number of carbonyl (C=O) groups excluding carboxylic acids is 1. The molecule has 0 saturated carbocycles. The molecule has 0 bridgehead atoms. The van der Waals surface area contributed by atoms with Crippen LogP contribution >= 0.6 is 0 Å². The van der Waals surface area contributed by atoms with E-state index in [-0.39, 0.29) is 5.75 Å². The molecular weight excluding hydrogens is 249 g/mol. The fraction of sp³-hybridized carbons (Fsp3) is 0.364. The minimum absolute atomic E-state index is 0.176. The topological polar surface area (TPSA) is 64.3 Å². The molecule has 0 aliphatic rings. The molecule has 0 spiro atoms. The largest absolute Gasteiger partial charge is 0.412 e. The number of hydrogen-bond donors (Lipinski definition) is 2. The van der Waals surface area contributed by atoms with Gasteiger partial charge in [0.15, 0.2) is 0 Å². The predicted octanol–water partition coefficient (Wildman–Crippen LogP) is 1.84. The Labute approximate surface area is 102 Å². The van der Waals surface area contributed by atoms with Crippen LogP contribution in [0.15, 0.2) is 24.3 Å². The lowest BCUT2D eigenvalue weighted by molar-refractivity contribution is -0.123. The fourth-order valence-corrected chi connectivity index (χ4v) is 1.21. The van der Waals surface area contributed by atoms with E-state index in [4.69, 9.17) is 5.73 Å². The van der Waals surface area contributed by atoms with E-state index in [9.17, 15) is 18.0 Å². The van der Waals surface area contributed by atoms with Crippen LogP contribution in [-0.4, -0.2) is 25.4 Å². The summed E-state index contributed by atoms with van der Waals surface area (Å²) in [4.78, 5) is 11.0. The molecule has 0 heterocycles. The second-order valence-corrected chi connectivity index (χ2v) is 3.54. The van der Waals surface area contributed by atoms with Crippen molar-refractivity contribution >= 4 is 6.09 Å². The summed E-state index contributed by atoms with van der Waals surface area (Å²) in [6, 6.07) is 6.38. The lowest BCUT2D eigenvalue weighted by Crippen LogP contribution is -2.35. The van der Waals surface area contributed by atoms with Crippen molar-refractivity contribution in [3.05, 3.63) is 29.8 Å². The number of halogens is 3. The Morgan fingerprint density at radius 1 is 1.28 bits per heavy atom. The number of ether oxygens (including phenoxy) is 1. The van der Waals surface area contributed by atoms with Crippen LogP contribution in [0.4, 0.5) is 18.0 Å². The molecule has 0 aliphatic heterocycles. The lowest BCUT2D eigenvalue weighted by Gasteiger charge is -2.09. The van der Waals surface area contributed by atoms with E-state index in [0.717, 1.165) is 5.56 Å². The number of hydrogen-bond acceptors (Lipinski definition) is 3. The van der Waals surface area contributed by atoms with Crippen molar-refractivity contribution in [2.45, 2.75) is 12.6 Å². The highest BCUT2D eigenvalue weighted by Crippen LogP contribution is 2.14. The zero-order valence-electron chi connectivity index (χ0n) is 9.46. The summed E-state index contributed by atoms with van der Waals surface area (Å²) in [5, 5.41) is 1.60. The number of benzene rings is 1. The van der Waals surface area contributed by atoms with Gasteiger partial charge in [0.25, 0.3) is 0 Å². The van der Waals surface area contributed by atoms with Gasteiger partial charge < -0.3 is 15.8 Å². The molecule has 0 aromatic heterocycles. The summed E-state index contributed by atoms with van der Waals surface area (Å²) in [6.07, 6.45) is -4.91. The number of rotatable bonds is 4. The van der Waals surface area contributed by atoms with Crippen LogP contribution in [0.25, 0.3) is 0 Å². The third kappa shape index (κ3) is 5.53. The molecule has 18 heavy (non-hydrogen) atoms. The maximum Gasteiger partial charge on any atom is 0.412 e.